The van der Waals surface area contributed by atoms with Gasteiger partial charge < -0.3 is 4.90 Å². The maximum atomic E-state index is 9.67. The van der Waals surface area contributed by atoms with Crippen LogP contribution in [0.4, 0.5) is 0 Å². The van der Waals surface area contributed by atoms with Crippen molar-refractivity contribution in [3.63, 3.8) is 0 Å². The molecule has 0 aromatic heterocycles. The third-order valence-electron chi connectivity index (χ3n) is 4.64. The highest BCUT2D eigenvalue weighted by molar-refractivity contribution is 5.14. The minimum atomic E-state index is -0.266. The number of nitrogens with zero attached hydrogens (tertiary/aromatic N) is 2. The van der Waals surface area contributed by atoms with E-state index in [1.165, 1.54) is 32.2 Å². The minimum Gasteiger partial charge on any atom is -0.304 e. The summed E-state index contributed by atoms with van der Waals surface area (Å²) in [5.74, 6) is 0.519. The van der Waals surface area contributed by atoms with Gasteiger partial charge >= 0.3 is 0 Å². The SMILES string of the molecule is CCCCN(CC)CCC1CCCC1(C#N)NC(C)C. The van der Waals surface area contributed by atoms with Crippen molar-refractivity contribution in [2.24, 2.45) is 5.92 Å². The molecular weight excluding hydrogens is 246 g/mol. The van der Waals surface area contributed by atoms with Crippen LogP contribution in [-0.4, -0.2) is 36.1 Å². The van der Waals surface area contributed by atoms with E-state index in [4.69, 9.17) is 0 Å². The summed E-state index contributed by atoms with van der Waals surface area (Å²) in [6.07, 6.45) is 7.12. The highest BCUT2D eigenvalue weighted by Crippen LogP contribution is 2.38. The van der Waals surface area contributed by atoms with Crippen LogP contribution in [0.3, 0.4) is 0 Å². The number of nitrogens with one attached hydrogen (secondary N) is 1. The summed E-state index contributed by atoms with van der Waals surface area (Å²) in [5.41, 5.74) is -0.266. The summed E-state index contributed by atoms with van der Waals surface area (Å²) in [4.78, 5) is 2.54. The molecule has 0 amide bonds. The van der Waals surface area contributed by atoms with Gasteiger partial charge in [0.2, 0.25) is 0 Å². The van der Waals surface area contributed by atoms with E-state index in [0.29, 0.717) is 12.0 Å². The molecule has 0 aliphatic heterocycles. The second-order valence-corrected chi connectivity index (χ2v) is 6.55. The Morgan fingerprint density at radius 3 is 2.65 bits per heavy atom. The Balaban J connectivity index is 2.54. The number of rotatable bonds is 9. The average Bonchev–Trinajstić information content (AvgIpc) is 2.81. The summed E-state index contributed by atoms with van der Waals surface area (Å²) in [6.45, 7) is 12.3. The van der Waals surface area contributed by atoms with Gasteiger partial charge in [0.05, 0.1) is 6.07 Å². The monoisotopic (exact) mass is 279 g/mol. The van der Waals surface area contributed by atoms with Gasteiger partial charge in [-0.25, -0.2) is 0 Å². The summed E-state index contributed by atoms with van der Waals surface area (Å²) in [6, 6.07) is 3.00. The summed E-state index contributed by atoms with van der Waals surface area (Å²) in [5, 5.41) is 13.2. The highest BCUT2D eigenvalue weighted by atomic mass is 15.1. The fourth-order valence-electron chi connectivity index (χ4n) is 3.50. The van der Waals surface area contributed by atoms with Crippen LogP contribution in [0, 0.1) is 17.2 Å². The zero-order valence-electron chi connectivity index (χ0n) is 13.9. The topological polar surface area (TPSA) is 39.1 Å². The van der Waals surface area contributed by atoms with Gasteiger partial charge in [0.25, 0.3) is 0 Å². The van der Waals surface area contributed by atoms with E-state index in [-0.39, 0.29) is 5.54 Å². The second-order valence-electron chi connectivity index (χ2n) is 6.55. The molecule has 0 radical (unpaired) electrons. The van der Waals surface area contributed by atoms with Crippen LogP contribution in [-0.2, 0) is 0 Å². The number of unbranched alkanes of at least 4 members (excludes halogenated alkanes) is 1. The molecule has 2 unspecified atom stereocenters. The van der Waals surface area contributed by atoms with Crippen molar-refractivity contribution in [2.75, 3.05) is 19.6 Å². The van der Waals surface area contributed by atoms with Gasteiger partial charge in [-0.3, -0.25) is 5.32 Å². The predicted molar refractivity (Wildman–Crippen MR) is 85.6 cm³/mol. The Hall–Kier alpha value is -0.590. The Morgan fingerprint density at radius 1 is 1.35 bits per heavy atom. The lowest BCUT2D eigenvalue weighted by Gasteiger charge is -2.33. The molecule has 1 N–H and O–H groups in total. The van der Waals surface area contributed by atoms with Crippen molar-refractivity contribution in [3.8, 4) is 6.07 Å². The van der Waals surface area contributed by atoms with E-state index in [1.807, 2.05) is 0 Å². The summed E-state index contributed by atoms with van der Waals surface area (Å²) < 4.78 is 0. The molecule has 1 rings (SSSR count). The van der Waals surface area contributed by atoms with Crippen molar-refractivity contribution in [1.29, 1.82) is 5.26 Å². The van der Waals surface area contributed by atoms with Gasteiger partial charge in [-0.15, -0.1) is 0 Å². The van der Waals surface area contributed by atoms with Crippen molar-refractivity contribution in [2.45, 2.75) is 77.8 Å². The summed E-state index contributed by atoms with van der Waals surface area (Å²) >= 11 is 0. The molecule has 0 saturated heterocycles. The molecule has 2 atom stereocenters. The molecule has 3 nitrogen and oxygen atoms in total. The van der Waals surface area contributed by atoms with Gasteiger partial charge in [-0.05, 0) is 65.1 Å². The standard InChI is InChI=1S/C17H33N3/c1-5-7-12-20(6-2)13-10-16-9-8-11-17(16,14-18)19-15(3)4/h15-16,19H,5-13H2,1-4H3. The molecule has 3 heteroatoms. The molecule has 1 saturated carbocycles. The molecule has 1 aliphatic carbocycles. The first kappa shape index (κ1) is 17.5. The van der Waals surface area contributed by atoms with E-state index in [9.17, 15) is 5.26 Å². The number of nitriles is 1. The first-order valence-corrected chi connectivity index (χ1v) is 8.49. The van der Waals surface area contributed by atoms with Gasteiger partial charge in [0.1, 0.15) is 5.54 Å². The Morgan fingerprint density at radius 2 is 2.10 bits per heavy atom. The smallest absolute Gasteiger partial charge is 0.109 e. The molecule has 20 heavy (non-hydrogen) atoms. The molecule has 0 spiro atoms. The average molecular weight is 279 g/mol. The van der Waals surface area contributed by atoms with Crippen molar-refractivity contribution in [1.82, 2.24) is 10.2 Å². The Bertz CT molecular complexity index is 308. The van der Waals surface area contributed by atoms with Crippen LogP contribution in [0.1, 0.15) is 66.2 Å². The minimum absolute atomic E-state index is 0.266. The number of hydrogen-bond donors (Lipinski definition) is 1. The summed E-state index contributed by atoms with van der Waals surface area (Å²) in [7, 11) is 0. The number of hydrogen-bond acceptors (Lipinski definition) is 3. The van der Waals surface area contributed by atoms with Crippen LogP contribution in [0.2, 0.25) is 0 Å². The van der Waals surface area contributed by atoms with Gasteiger partial charge in [-0.2, -0.15) is 5.26 Å². The molecule has 116 valence electrons. The van der Waals surface area contributed by atoms with Crippen molar-refractivity contribution >= 4 is 0 Å². The molecule has 0 aromatic carbocycles. The Kier molecular flexibility index (Phi) is 7.55. The van der Waals surface area contributed by atoms with Crippen molar-refractivity contribution in [3.05, 3.63) is 0 Å². The second kappa shape index (κ2) is 8.64. The quantitative estimate of drug-likeness (QED) is 0.701. The predicted octanol–water partition coefficient (Wildman–Crippen LogP) is 3.56. The van der Waals surface area contributed by atoms with E-state index < -0.39 is 0 Å². The molecular formula is C17H33N3. The first-order valence-electron chi connectivity index (χ1n) is 8.49. The van der Waals surface area contributed by atoms with Crippen molar-refractivity contribution < 1.29 is 0 Å². The molecule has 0 bridgehead atoms. The fraction of sp³-hybridized carbons (Fsp3) is 0.941. The maximum absolute atomic E-state index is 9.67. The third-order valence-corrected chi connectivity index (χ3v) is 4.64. The fourth-order valence-corrected chi connectivity index (χ4v) is 3.50. The van der Waals surface area contributed by atoms with Crippen LogP contribution in [0.25, 0.3) is 0 Å². The normalized spacial score (nSPS) is 26.4. The zero-order valence-corrected chi connectivity index (χ0v) is 13.9. The van der Waals surface area contributed by atoms with Gasteiger partial charge in [-0.1, -0.05) is 26.7 Å². The van der Waals surface area contributed by atoms with Crippen LogP contribution >= 0.6 is 0 Å². The van der Waals surface area contributed by atoms with Gasteiger partial charge in [0, 0.05) is 6.04 Å². The molecule has 0 aromatic rings. The molecule has 0 heterocycles. The highest BCUT2D eigenvalue weighted by Gasteiger charge is 2.43. The lowest BCUT2D eigenvalue weighted by Crippen LogP contribution is -2.50. The van der Waals surface area contributed by atoms with Crippen LogP contribution in [0.15, 0.2) is 0 Å². The molecule has 1 aliphatic rings. The Labute approximate surface area is 125 Å². The van der Waals surface area contributed by atoms with E-state index >= 15 is 0 Å². The third kappa shape index (κ3) is 4.75. The maximum Gasteiger partial charge on any atom is 0.109 e. The lowest BCUT2D eigenvalue weighted by molar-refractivity contribution is 0.221. The van der Waals surface area contributed by atoms with Crippen LogP contribution in [0.5, 0.6) is 0 Å². The van der Waals surface area contributed by atoms with Gasteiger partial charge in [0.15, 0.2) is 0 Å². The van der Waals surface area contributed by atoms with E-state index in [2.05, 4.69) is 44.0 Å². The largest absolute Gasteiger partial charge is 0.304 e. The van der Waals surface area contributed by atoms with Crippen LogP contribution < -0.4 is 5.32 Å². The van der Waals surface area contributed by atoms with E-state index in [1.54, 1.807) is 0 Å². The zero-order chi connectivity index (χ0) is 15.0. The van der Waals surface area contributed by atoms with E-state index in [0.717, 1.165) is 25.9 Å². The first-order chi connectivity index (χ1) is 9.57. The lowest BCUT2D eigenvalue weighted by atomic mass is 9.85. The molecule has 1 fully saturated rings.